The second kappa shape index (κ2) is 7.80. The van der Waals surface area contributed by atoms with Crippen LogP contribution in [-0.2, 0) is 16.0 Å². The molecule has 0 bridgehead atoms. The molecule has 0 aliphatic carbocycles. The summed E-state index contributed by atoms with van der Waals surface area (Å²) in [6.45, 7) is 7.85. The number of carbonyl (C=O) groups is 2. The highest BCUT2D eigenvalue weighted by atomic mass is 32.2. The molecule has 2 aromatic rings. The predicted octanol–water partition coefficient (Wildman–Crippen LogP) is 3.82. The van der Waals surface area contributed by atoms with E-state index in [1.807, 2.05) is 58.0 Å². The third-order valence-corrected chi connectivity index (χ3v) is 5.40. The average Bonchev–Trinajstić information content (AvgIpc) is 3.22. The number of nitrogens with zero attached hydrogens (tertiary/aromatic N) is 1. The summed E-state index contributed by atoms with van der Waals surface area (Å²) in [5, 5.41) is 3.97. The molecule has 1 aliphatic heterocycles. The zero-order chi connectivity index (χ0) is 19.6. The molecular weight excluding hydrogens is 360 g/mol. The van der Waals surface area contributed by atoms with Gasteiger partial charge in [0.15, 0.2) is 0 Å². The Hall–Kier alpha value is -2.21. The fraction of sp³-hybridized carbons (Fsp3) is 0.429. The van der Waals surface area contributed by atoms with Crippen molar-refractivity contribution in [3.63, 3.8) is 0 Å². The summed E-state index contributed by atoms with van der Waals surface area (Å²) in [6.07, 6.45) is 4.12. The molecule has 2 heterocycles. The molecule has 1 atom stereocenters. The molecule has 1 aliphatic rings. The largest absolute Gasteiger partial charge is 0.460 e. The molecule has 144 valence electrons. The van der Waals surface area contributed by atoms with E-state index in [0.29, 0.717) is 11.6 Å². The minimum Gasteiger partial charge on any atom is -0.460 e. The molecule has 1 unspecified atom stereocenters. The van der Waals surface area contributed by atoms with Gasteiger partial charge in [-0.2, -0.15) is 0 Å². The van der Waals surface area contributed by atoms with Crippen molar-refractivity contribution < 1.29 is 14.0 Å². The molecule has 5 nitrogen and oxygen atoms in total. The minimum absolute atomic E-state index is 0.0998. The monoisotopic (exact) mass is 386 g/mol. The van der Waals surface area contributed by atoms with Crippen molar-refractivity contribution in [3.8, 4) is 0 Å². The quantitative estimate of drug-likeness (QED) is 0.812. The van der Waals surface area contributed by atoms with E-state index in [2.05, 4.69) is 5.32 Å². The predicted molar refractivity (Wildman–Crippen MR) is 110 cm³/mol. The SMILES string of the molecule is CCc1oc2ccccc2c1/C=C/C(=O)N1CSCC1C(=O)NC(C)(C)C. The van der Waals surface area contributed by atoms with Gasteiger partial charge in [0, 0.05) is 34.7 Å². The van der Waals surface area contributed by atoms with Crippen molar-refractivity contribution in [2.45, 2.75) is 45.7 Å². The Bertz CT molecular complexity index is 879. The topological polar surface area (TPSA) is 62.6 Å². The van der Waals surface area contributed by atoms with Crippen molar-refractivity contribution >= 4 is 40.6 Å². The van der Waals surface area contributed by atoms with Crippen LogP contribution in [0.25, 0.3) is 17.0 Å². The van der Waals surface area contributed by atoms with Gasteiger partial charge in [-0.05, 0) is 32.9 Å². The van der Waals surface area contributed by atoms with Crippen LogP contribution in [0.3, 0.4) is 0 Å². The molecule has 0 spiro atoms. The van der Waals surface area contributed by atoms with Gasteiger partial charge in [-0.1, -0.05) is 25.1 Å². The van der Waals surface area contributed by atoms with Crippen molar-refractivity contribution in [1.29, 1.82) is 0 Å². The maximum absolute atomic E-state index is 12.8. The Balaban J connectivity index is 1.80. The number of rotatable bonds is 4. The van der Waals surface area contributed by atoms with Crippen molar-refractivity contribution in [1.82, 2.24) is 10.2 Å². The standard InChI is InChI=1S/C21H26N2O3S/c1-5-17-15(14-8-6-7-9-18(14)26-17)10-11-19(24)23-13-27-12-16(23)20(25)22-21(2,3)4/h6-11,16H,5,12-13H2,1-4H3,(H,22,25)/b11-10+. The van der Waals surface area contributed by atoms with E-state index in [9.17, 15) is 9.59 Å². The number of amides is 2. The average molecular weight is 387 g/mol. The normalized spacial score (nSPS) is 17.8. The van der Waals surface area contributed by atoms with E-state index in [1.165, 1.54) is 0 Å². The van der Waals surface area contributed by atoms with E-state index < -0.39 is 6.04 Å². The Morgan fingerprint density at radius 3 is 2.78 bits per heavy atom. The van der Waals surface area contributed by atoms with Crippen molar-refractivity contribution in [2.24, 2.45) is 0 Å². The van der Waals surface area contributed by atoms with Crippen LogP contribution in [0.4, 0.5) is 0 Å². The van der Waals surface area contributed by atoms with Crippen molar-refractivity contribution in [2.75, 3.05) is 11.6 Å². The van der Waals surface area contributed by atoms with Gasteiger partial charge in [0.2, 0.25) is 11.8 Å². The van der Waals surface area contributed by atoms with Crippen molar-refractivity contribution in [3.05, 3.63) is 41.7 Å². The molecule has 0 radical (unpaired) electrons. The lowest BCUT2D eigenvalue weighted by atomic mass is 10.1. The van der Waals surface area contributed by atoms with Gasteiger partial charge in [0.05, 0.1) is 5.88 Å². The summed E-state index contributed by atoms with van der Waals surface area (Å²) in [5.41, 5.74) is 1.44. The second-order valence-electron chi connectivity index (χ2n) is 7.68. The van der Waals surface area contributed by atoms with Gasteiger partial charge in [-0.25, -0.2) is 0 Å². The lowest BCUT2D eigenvalue weighted by molar-refractivity contribution is -0.135. The minimum atomic E-state index is -0.432. The Kier molecular flexibility index (Phi) is 5.65. The summed E-state index contributed by atoms with van der Waals surface area (Å²) in [4.78, 5) is 26.9. The molecule has 27 heavy (non-hydrogen) atoms. The first-order chi connectivity index (χ1) is 12.8. The molecule has 0 saturated carbocycles. The number of fused-ring (bicyclic) bond motifs is 1. The van der Waals surface area contributed by atoms with E-state index in [-0.39, 0.29) is 17.4 Å². The highest BCUT2D eigenvalue weighted by Crippen LogP contribution is 2.28. The zero-order valence-electron chi connectivity index (χ0n) is 16.2. The van der Waals surface area contributed by atoms with Gasteiger partial charge in [-0.15, -0.1) is 11.8 Å². The Labute approximate surface area is 164 Å². The van der Waals surface area contributed by atoms with Gasteiger partial charge in [-0.3, -0.25) is 9.59 Å². The van der Waals surface area contributed by atoms with Crippen LogP contribution in [0.1, 0.15) is 39.0 Å². The molecule has 1 fully saturated rings. The number of furan rings is 1. The van der Waals surface area contributed by atoms with Crippen LogP contribution >= 0.6 is 11.8 Å². The fourth-order valence-electron chi connectivity index (χ4n) is 3.14. The number of para-hydroxylation sites is 1. The number of hydrogen-bond donors (Lipinski definition) is 1. The summed E-state index contributed by atoms with van der Waals surface area (Å²) >= 11 is 1.60. The lowest BCUT2D eigenvalue weighted by Gasteiger charge is -2.27. The van der Waals surface area contributed by atoms with Crippen LogP contribution in [0.2, 0.25) is 0 Å². The van der Waals surface area contributed by atoms with Crippen LogP contribution < -0.4 is 5.32 Å². The lowest BCUT2D eigenvalue weighted by Crippen LogP contribution is -2.52. The van der Waals surface area contributed by atoms with E-state index in [0.717, 1.165) is 28.7 Å². The number of aryl methyl sites for hydroxylation is 1. The van der Waals surface area contributed by atoms with Crippen LogP contribution in [0.15, 0.2) is 34.8 Å². The molecule has 1 N–H and O–H groups in total. The second-order valence-corrected chi connectivity index (χ2v) is 8.68. The Morgan fingerprint density at radius 2 is 2.07 bits per heavy atom. The van der Waals surface area contributed by atoms with Gasteiger partial charge >= 0.3 is 0 Å². The molecular formula is C21H26N2O3S. The smallest absolute Gasteiger partial charge is 0.247 e. The number of carbonyl (C=O) groups excluding carboxylic acids is 2. The van der Waals surface area contributed by atoms with E-state index in [4.69, 9.17) is 4.42 Å². The summed E-state index contributed by atoms with van der Waals surface area (Å²) < 4.78 is 5.88. The third-order valence-electron chi connectivity index (χ3n) is 4.39. The first kappa shape index (κ1) is 19.5. The number of hydrogen-bond acceptors (Lipinski definition) is 4. The molecule has 1 saturated heterocycles. The van der Waals surface area contributed by atoms with Gasteiger partial charge in [0.1, 0.15) is 17.4 Å². The first-order valence-corrected chi connectivity index (χ1v) is 10.3. The Morgan fingerprint density at radius 1 is 1.33 bits per heavy atom. The summed E-state index contributed by atoms with van der Waals surface area (Å²) in [7, 11) is 0. The molecule has 2 amide bonds. The van der Waals surface area contributed by atoms with E-state index in [1.54, 1.807) is 22.7 Å². The molecule has 3 rings (SSSR count). The molecule has 1 aromatic carbocycles. The van der Waals surface area contributed by atoms with Crippen LogP contribution in [0.5, 0.6) is 0 Å². The van der Waals surface area contributed by atoms with Crippen LogP contribution in [0, 0.1) is 0 Å². The van der Waals surface area contributed by atoms with E-state index >= 15 is 0 Å². The maximum Gasteiger partial charge on any atom is 0.247 e. The fourth-order valence-corrected chi connectivity index (χ4v) is 4.31. The number of nitrogens with one attached hydrogen (secondary N) is 1. The highest BCUT2D eigenvalue weighted by Gasteiger charge is 2.35. The third kappa shape index (κ3) is 4.38. The number of benzene rings is 1. The maximum atomic E-state index is 12.8. The number of thioether (sulfide) groups is 1. The summed E-state index contributed by atoms with van der Waals surface area (Å²) in [6, 6.07) is 7.38. The molecule has 1 aromatic heterocycles. The molecule has 6 heteroatoms. The zero-order valence-corrected chi connectivity index (χ0v) is 17.1. The highest BCUT2D eigenvalue weighted by molar-refractivity contribution is 7.99. The summed E-state index contributed by atoms with van der Waals surface area (Å²) in [5.74, 6) is 1.76. The van der Waals surface area contributed by atoms with Gasteiger partial charge in [0.25, 0.3) is 0 Å². The van der Waals surface area contributed by atoms with Gasteiger partial charge < -0.3 is 14.6 Å². The first-order valence-electron chi connectivity index (χ1n) is 9.19. The van der Waals surface area contributed by atoms with Crippen LogP contribution in [-0.4, -0.2) is 39.9 Å².